The fourth-order valence-corrected chi connectivity index (χ4v) is 3.12. The van der Waals surface area contributed by atoms with Gasteiger partial charge in [-0.15, -0.1) is 0 Å². The van der Waals surface area contributed by atoms with Gasteiger partial charge in [-0.25, -0.2) is 4.79 Å². The minimum Gasteiger partial charge on any atom is -0.481 e. The van der Waals surface area contributed by atoms with Crippen LogP contribution in [0.25, 0.3) is 11.1 Å². The maximum Gasteiger partial charge on any atom is 0.334 e. The highest BCUT2D eigenvalue weighted by Gasteiger charge is 2.29. The molecular weight excluding hydrogens is 398 g/mol. The zero-order valence-electron chi connectivity index (χ0n) is 15.8. The molecule has 0 aliphatic heterocycles. The summed E-state index contributed by atoms with van der Waals surface area (Å²) in [4.78, 5) is 34.2. The molecule has 3 N–H and O–H groups in total. The van der Waals surface area contributed by atoms with Crippen LogP contribution < -0.4 is 5.32 Å². The number of carbonyl (C=O) groups is 3. The maximum atomic E-state index is 12.0. The van der Waals surface area contributed by atoms with Gasteiger partial charge in [0.25, 0.3) is 0 Å². The number of aliphatic carboxylic acids is 2. The summed E-state index contributed by atoms with van der Waals surface area (Å²) in [5, 5.41) is 21.3. The molecule has 2 atom stereocenters. The van der Waals surface area contributed by atoms with Crippen molar-refractivity contribution in [3.05, 3.63) is 59.1 Å². The smallest absolute Gasteiger partial charge is 0.334 e. The Hall–Kier alpha value is -2.90. The Bertz CT molecular complexity index is 868. The molecule has 2 aromatic rings. The molecule has 0 fully saturated rings. The summed E-state index contributed by atoms with van der Waals surface area (Å²) < 4.78 is 5.03. The number of amides is 1. The monoisotopic (exact) mass is 419 g/mol. The predicted octanol–water partition coefficient (Wildman–Crippen LogP) is 3.00. The number of carbonyl (C=O) groups excluding carboxylic acids is 1. The number of hydrogen-bond donors (Lipinski definition) is 3. The van der Waals surface area contributed by atoms with Crippen molar-refractivity contribution >= 4 is 29.4 Å². The van der Waals surface area contributed by atoms with Gasteiger partial charge in [0.05, 0.1) is 12.5 Å². The van der Waals surface area contributed by atoms with E-state index < -0.39 is 30.0 Å². The molecule has 8 heteroatoms. The summed E-state index contributed by atoms with van der Waals surface area (Å²) in [5.74, 6) is -2.86. The van der Waals surface area contributed by atoms with E-state index in [9.17, 15) is 19.5 Å². The number of hydrogen-bond acceptors (Lipinski definition) is 4. The van der Waals surface area contributed by atoms with E-state index in [0.717, 1.165) is 16.7 Å². The third-order valence-electron chi connectivity index (χ3n) is 4.34. The number of nitrogens with one attached hydrogen (secondary N) is 1. The van der Waals surface area contributed by atoms with Gasteiger partial charge in [-0.05, 0) is 35.2 Å². The number of ether oxygens (including phenoxy) is 1. The van der Waals surface area contributed by atoms with E-state index in [-0.39, 0.29) is 19.3 Å². The number of carboxylic acid groups (broad SMARTS) is 2. The highest BCUT2D eigenvalue weighted by atomic mass is 35.5. The summed E-state index contributed by atoms with van der Waals surface area (Å²) in [6, 6.07) is 14.0. The van der Waals surface area contributed by atoms with Crippen LogP contribution in [0, 0.1) is 0 Å². The number of carboxylic acids is 2. The average molecular weight is 420 g/mol. The highest BCUT2D eigenvalue weighted by molar-refractivity contribution is 6.30. The summed E-state index contributed by atoms with van der Waals surface area (Å²) in [7, 11) is 1.25. The summed E-state index contributed by atoms with van der Waals surface area (Å²) in [6.45, 7) is 0. The molecule has 0 radical (unpaired) electrons. The van der Waals surface area contributed by atoms with Crippen LogP contribution in [-0.4, -0.2) is 47.3 Å². The van der Waals surface area contributed by atoms with Gasteiger partial charge in [0.15, 0.2) is 6.10 Å². The van der Waals surface area contributed by atoms with Crippen LogP contribution in [0.15, 0.2) is 48.5 Å². The van der Waals surface area contributed by atoms with E-state index in [1.165, 1.54) is 7.11 Å². The second-order valence-corrected chi connectivity index (χ2v) is 6.91. The molecule has 0 spiro atoms. The van der Waals surface area contributed by atoms with Crippen molar-refractivity contribution in [2.75, 3.05) is 7.11 Å². The Morgan fingerprint density at radius 1 is 1.03 bits per heavy atom. The third kappa shape index (κ3) is 6.89. The van der Waals surface area contributed by atoms with Crippen LogP contribution >= 0.6 is 11.6 Å². The van der Waals surface area contributed by atoms with E-state index in [1.54, 1.807) is 6.07 Å². The highest BCUT2D eigenvalue weighted by Crippen LogP contribution is 2.23. The molecule has 29 heavy (non-hydrogen) atoms. The Balaban J connectivity index is 2.15. The van der Waals surface area contributed by atoms with Gasteiger partial charge in [0.2, 0.25) is 5.91 Å². The van der Waals surface area contributed by atoms with Gasteiger partial charge in [-0.3, -0.25) is 9.59 Å². The van der Waals surface area contributed by atoms with Crippen molar-refractivity contribution in [1.29, 1.82) is 0 Å². The van der Waals surface area contributed by atoms with Gasteiger partial charge in [-0.1, -0.05) is 48.0 Å². The Kier molecular flexibility index (Phi) is 8.18. The molecule has 0 heterocycles. The quantitative estimate of drug-likeness (QED) is 0.545. The predicted molar refractivity (Wildman–Crippen MR) is 108 cm³/mol. The van der Waals surface area contributed by atoms with E-state index in [4.69, 9.17) is 21.4 Å². The molecule has 2 aromatic carbocycles. The lowest BCUT2D eigenvalue weighted by molar-refractivity contribution is -0.151. The summed E-state index contributed by atoms with van der Waals surface area (Å²) in [5.41, 5.74) is 2.69. The fourth-order valence-electron chi connectivity index (χ4n) is 2.93. The topological polar surface area (TPSA) is 113 Å². The van der Waals surface area contributed by atoms with Crippen molar-refractivity contribution in [3.8, 4) is 11.1 Å². The van der Waals surface area contributed by atoms with Crippen molar-refractivity contribution in [2.24, 2.45) is 0 Å². The fraction of sp³-hybridized carbons (Fsp3) is 0.286. The summed E-state index contributed by atoms with van der Waals surface area (Å²) in [6.07, 6.45) is -1.64. The van der Waals surface area contributed by atoms with Crippen LogP contribution in [0.2, 0.25) is 5.02 Å². The SMILES string of the molecule is COC(C(=O)O)C(Cc1ccc(-c2cccc(Cl)c2)cc1)NC(=O)CCC(=O)O. The zero-order chi connectivity index (χ0) is 21.4. The largest absolute Gasteiger partial charge is 0.481 e. The number of rotatable bonds is 10. The first-order valence-corrected chi connectivity index (χ1v) is 9.29. The Morgan fingerprint density at radius 2 is 1.72 bits per heavy atom. The van der Waals surface area contributed by atoms with Crippen molar-refractivity contribution in [3.63, 3.8) is 0 Å². The van der Waals surface area contributed by atoms with E-state index in [0.29, 0.717) is 5.02 Å². The minimum atomic E-state index is -1.27. The van der Waals surface area contributed by atoms with Crippen LogP contribution in [0.5, 0.6) is 0 Å². The number of methoxy groups -OCH3 is 1. The minimum absolute atomic E-state index is 0.208. The molecule has 7 nitrogen and oxygen atoms in total. The molecule has 0 aliphatic carbocycles. The average Bonchev–Trinajstić information content (AvgIpc) is 2.67. The van der Waals surface area contributed by atoms with Gasteiger partial charge in [0.1, 0.15) is 0 Å². The molecule has 0 aromatic heterocycles. The van der Waals surface area contributed by atoms with Crippen molar-refractivity contribution in [2.45, 2.75) is 31.4 Å². The molecule has 0 saturated heterocycles. The number of benzene rings is 2. The Morgan fingerprint density at radius 3 is 2.28 bits per heavy atom. The number of halogens is 1. The van der Waals surface area contributed by atoms with Gasteiger partial charge >= 0.3 is 11.9 Å². The van der Waals surface area contributed by atoms with Crippen molar-refractivity contribution < 1.29 is 29.3 Å². The van der Waals surface area contributed by atoms with Crippen molar-refractivity contribution in [1.82, 2.24) is 5.32 Å². The molecule has 154 valence electrons. The Labute approximate surface area is 173 Å². The van der Waals surface area contributed by atoms with E-state index in [1.807, 2.05) is 42.5 Å². The second-order valence-electron chi connectivity index (χ2n) is 6.47. The maximum absolute atomic E-state index is 12.0. The molecule has 0 aliphatic rings. The first-order chi connectivity index (χ1) is 13.8. The van der Waals surface area contributed by atoms with Gasteiger partial charge in [-0.2, -0.15) is 0 Å². The summed E-state index contributed by atoms with van der Waals surface area (Å²) >= 11 is 6.02. The molecule has 2 rings (SSSR count). The molecule has 0 bridgehead atoms. The van der Waals surface area contributed by atoms with E-state index in [2.05, 4.69) is 5.32 Å². The van der Waals surface area contributed by atoms with Crippen LogP contribution in [0.1, 0.15) is 18.4 Å². The molecular formula is C21H22ClNO6. The van der Waals surface area contributed by atoms with E-state index >= 15 is 0 Å². The third-order valence-corrected chi connectivity index (χ3v) is 4.58. The van der Waals surface area contributed by atoms with Crippen LogP contribution in [0.3, 0.4) is 0 Å². The normalized spacial score (nSPS) is 12.8. The lowest BCUT2D eigenvalue weighted by atomic mass is 9.98. The first-order valence-electron chi connectivity index (χ1n) is 8.91. The molecule has 2 unspecified atom stereocenters. The van der Waals surface area contributed by atoms with Crippen LogP contribution in [-0.2, 0) is 25.5 Å². The lowest BCUT2D eigenvalue weighted by Crippen LogP contribution is -2.49. The van der Waals surface area contributed by atoms with Crippen LogP contribution in [0.4, 0.5) is 0 Å². The first kappa shape index (κ1) is 22.4. The second kappa shape index (κ2) is 10.6. The lowest BCUT2D eigenvalue weighted by Gasteiger charge is -2.24. The van der Waals surface area contributed by atoms with Gasteiger partial charge in [0, 0.05) is 18.6 Å². The molecule has 0 saturated carbocycles. The van der Waals surface area contributed by atoms with Gasteiger partial charge < -0.3 is 20.3 Å². The standard InChI is InChI=1S/C21H22ClNO6/c1-29-20(21(27)28)17(23-18(24)9-10-19(25)26)11-13-5-7-14(8-6-13)15-3-2-4-16(22)12-15/h2-8,12,17,20H,9-11H2,1H3,(H,23,24)(H,25,26)(H,27,28). The molecule has 1 amide bonds. The zero-order valence-corrected chi connectivity index (χ0v) is 16.6.